The van der Waals surface area contributed by atoms with Gasteiger partial charge >= 0.3 is 0 Å². The zero-order valence-electron chi connectivity index (χ0n) is 10.7. The molecule has 0 spiro atoms. The third-order valence-electron chi connectivity index (χ3n) is 3.76. The van der Waals surface area contributed by atoms with Crippen LogP contribution in [0.1, 0.15) is 27.7 Å². The van der Waals surface area contributed by atoms with Crippen LogP contribution in [0.5, 0.6) is 0 Å². The van der Waals surface area contributed by atoms with Gasteiger partial charge in [0, 0.05) is 19.0 Å². The van der Waals surface area contributed by atoms with Crippen molar-refractivity contribution in [2.24, 2.45) is 11.8 Å². The monoisotopic (exact) mass is 247 g/mol. The van der Waals surface area contributed by atoms with Crippen LogP contribution in [0.3, 0.4) is 0 Å². The van der Waals surface area contributed by atoms with Gasteiger partial charge in [-0.05, 0) is 26.7 Å². The molecular weight excluding hydrogens is 226 g/mol. The molecule has 0 saturated carbocycles. The number of alkyl halides is 1. The Morgan fingerprint density at radius 1 is 1.38 bits per heavy atom. The van der Waals surface area contributed by atoms with E-state index in [1.165, 1.54) is 0 Å². The molecule has 0 aromatic rings. The number of nitrogens with zero attached hydrogens (tertiary/aromatic N) is 1. The standard InChI is InChI=1S/C12H22ClNO2/c1-7(6-13)14(5)12(15)11-8(2)9(3)16-10(11)4/h7-11H,6H2,1-5H3. The zero-order chi connectivity index (χ0) is 12.5. The van der Waals surface area contributed by atoms with Gasteiger partial charge < -0.3 is 9.64 Å². The topological polar surface area (TPSA) is 29.5 Å². The highest BCUT2D eigenvalue weighted by atomic mass is 35.5. The third kappa shape index (κ3) is 2.51. The van der Waals surface area contributed by atoms with E-state index in [9.17, 15) is 4.79 Å². The smallest absolute Gasteiger partial charge is 0.228 e. The van der Waals surface area contributed by atoms with Crippen molar-refractivity contribution >= 4 is 17.5 Å². The van der Waals surface area contributed by atoms with Crippen molar-refractivity contribution < 1.29 is 9.53 Å². The molecule has 1 aliphatic heterocycles. The fourth-order valence-corrected chi connectivity index (χ4v) is 2.46. The molecule has 1 heterocycles. The molecule has 0 aromatic carbocycles. The van der Waals surface area contributed by atoms with Crippen LogP contribution >= 0.6 is 11.6 Å². The molecule has 5 unspecified atom stereocenters. The van der Waals surface area contributed by atoms with E-state index in [0.29, 0.717) is 5.88 Å². The van der Waals surface area contributed by atoms with Crippen LogP contribution in [-0.2, 0) is 9.53 Å². The number of amides is 1. The number of hydrogen-bond acceptors (Lipinski definition) is 2. The van der Waals surface area contributed by atoms with Crippen molar-refractivity contribution in [3.8, 4) is 0 Å². The van der Waals surface area contributed by atoms with Gasteiger partial charge in [-0.25, -0.2) is 0 Å². The van der Waals surface area contributed by atoms with Gasteiger partial charge in [0.15, 0.2) is 0 Å². The highest BCUT2D eigenvalue weighted by molar-refractivity contribution is 6.18. The van der Waals surface area contributed by atoms with Crippen LogP contribution in [0.2, 0.25) is 0 Å². The van der Waals surface area contributed by atoms with E-state index in [1.54, 1.807) is 4.90 Å². The van der Waals surface area contributed by atoms with Gasteiger partial charge in [0.05, 0.1) is 18.1 Å². The lowest BCUT2D eigenvalue weighted by atomic mass is 9.88. The fraction of sp³-hybridized carbons (Fsp3) is 0.917. The van der Waals surface area contributed by atoms with Crippen LogP contribution in [0, 0.1) is 11.8 Å². The minimum absolute atomic E-state index is 0.00229. The highest BCUT2D eigenvalue weighted by Crippen LogP contribution is 2.33. The van der Waals surface area contributed by atoms with E-state index >= 15 is 0 Å². The number of rotatable bonds is 3. The summed E-state index contributed by atoms with van der Waals surface area (Å²) in [6, 6.07) is 0.0736. The Morgan fingerprint density at radius 3 is 2.31 bits per heavy atom. The fourth-order valence-electron chi connectivity index (χ4n) is 2.25. The Hall–Kier alpha value is -0.280. The molecule has 94 valence electrons. The molecule has 1 amide bonds. The second-order valence-corrected chi connectivity index (χ2v) is 5.19. The van der Waals surface area contributed by atoms with Gasteiger partial charge in [0.2, 0.25) is 5.91 Å². The molecule has 1 aliphatic rings. The normalized spacial score (nSPS) is 36.1. The molecule has 1 rings (SSSR count). The van der Waals surface area contributed by atoms with Crippen molar-refractivity contribution in [2.75, 3.05) is 12.9 Å². The van der Waals surface area contributed by atoms with Gasteiger partial charge in [0.1, 0.15) is 0 Å². The van der Waals surface area contributed by atoms with E-state index in [2.05, 4.69) is 6.92 Å². The van der Waals surface area contributed by atoms with Gasteiger partial charge in [-0.2, -0.15) is 0 Å². The van der Waals surface area contributed by atoms with E-state index in [4.69, 9.17) is 16.3 Å². The summed E-state index contributed by atoms with van der Waals surface area (Å²) in [7, 11) is 1.82. The summed E-state index contributed by atoms with van der Waals surface area (Å²) in [4.78, 5) is 14.0. The van der Waals surface area contributed by atoms with E-state index in [-0.39, 0.29) is 36.0 Å². The zero-order valence-corrected chi connectivity index (χ0v) is 11.5. The largest absolute Gasteiger partial charge is 0.374 e. The molecule has 0 aliphatic carbocycles. The Morgan fingerprint density at radius 2 is 1.94 bits per heavy atom. The Balaban J connectivity index is 2.73. The second-order valence-electron chi connectivity index (χ2n) is 4.88. The van der Waals surface area contributed by atoms with E-state index in [0.717, 1.165) is 0 Å². The van der Waals surface area contributed by atoms with Crippen LogP contribution < -0.4 is 0 Å². The van der Waals surface area contributed by atoms with Crippen LogP contribution in [0.25, 0.3) is 0 Å². The molecule has 0 aromatic heterocycles. The lowest BCUT2D eigenvalue weighted by Crippen LogP contribution is -2.43. The molecule has 0 bridgehead atoms. The average molecular weight is 248 g/mol. The number of carbonyl (C=O) groups excluding carboxylic acids is 1. The van der Waals surface area contributed by atoms with Crippen LogP contribution in [0.4, 0.5) is 0 Å². The van der Waals surface area contributed by atoms with Crippen LogP contribution in [0.15, 0.2) is 0 Å². The maximum atomic E-state index is 12.3. The predicted molar refractivity (Wildman–Crippen MR) is 65.6 cm³/mol. The predicted octanol–water partition coefficient (Wildman–Crippen LogP) is 2.13. The lowest BCUT2D eigenvalue weighted by Gasteiger charge is -2.28. The number of hydrogen-bond donors (Lipinski definition) is 0. The van der Waals surface area contributed by atoms with Crippen molar-refractivity contribution in [1.29, 1.82) is 0 Å². The number of halogens is 1. The molecule has 3 nitrogen and oxygen atoms in total. The lowest BCUT2D eigenvalue weighted by molar-refractivity contribution is -0.138. The Labute approximate surface area is 103 Å². The summed E-state index contributed by atoms with van der Waals surface area (Å²) in [5.74, 6) is 0.851. The number of carbonyl (C=O) groups is 1. The molecular formula is C12H22ClNO2. The summed E-state index contributed by atoms with van der Waals surface area (Å²) in [6.07, 6.45) is 0.158. The molecule has 5 atom stereocenters. The first-order valence-electron chi connectivity index (χ1n) is 5.88. The van der Waals surface area contributed by atoms with Crippen molar-refractivity contribution in [3.05, 3.63) is 0 Å². The molecule has 4 heteroatoms. The quantitative estimate of drug-likeness (QED) is 0.715. The molecule has 16 heavy (non-hydrogen) atoms. The third-order valence-corrected chi connectivity index (χ3v) is 4.21. The molecule has 1 fully saturated rings. The second kappa shape index (κ2) is 5.37. The first-order valence-corrected chi connectivity index (χ1v) is 6.41. The van der Waals surface area contributed by atoms with Gasteiger partial charge in [-0.3, -0.25) is 4.79 Å². The molecule has 1 saturated heterocycles. The highest BCUT2D eigenvalue weighted by Gasteiger charge is 2.43. The van der Waals surface area contributed by atoms with Gasteiger partial charge in [-0.1, -0.05) is 6.92 Å². The van der Waals surface area contributed by atoms with Gasteiger partial charge in [-0.15, -0.1) is 11.6 Å². The summed E-state index contributed by atoms with van der Waals surface area (Å²) in [5.41, 5.74) is 0. The average Bonchev–Trinajstić information content (AvgIpc) is 2.50. The van der Waals surface area contributed by atoms with Crippen molar-refractivity contribution in [2.45, 2.75) is 45.9 Å². The maximum Gasteiger partial charge on any atom is 0.228 e. The summed E-state index contributed by atoms with van der Waals surface area (Å²) in [6.45, 7) is 8.04. The van der Waals surface area contributed by atoms with Gasteiger partial charge in [0.25, 0.3) is 0 Å². The molecule has 0 N–H and O–H groups in total. The van der Waals surface area contributed by atoms with E-state index < -0.39 is 0 Å². The molecule has 0 radical (unpaired) electrons. The summed E-state index contributed by atoms with van der Waals surface area (Å²) in [5, 5.41) is 0. The van der Waals surface area contributed by atoms with E-state index in [1.807, 2.05) is 27.8 Å². The van der Waals surface area contributed by atoms with Crippen molar-refractivity contribution in [1.82, 2.24) is 4.90 Å². The summed E-state index contributed by atoms with van der Waals surface area (Å²) < 4.78 is 5.69. The van der Waals surface area contributed by atoms with Crippen LogP contribution in [-0.4, -0.2) is 42.0 Å². The minimum atomic E-state index is -0.0364. The SMILES string of the molecule is CC1OC(C)C(C(=O)N(C)C(C)CCl)C1C. The summed E-state index contributed by atoms with van der Waals surface area (Å²) >= 11 is 5.77. The van der Waals surface area contributed by atoms with Crippen molar-refractivity contribution in [3.63, 3.8) is 0 Å². The Bertz CT molecular complexity index is 259. The first kappa shape index (κ1) is 13.8. The number of ether oxygens (including phenoxy) is 1. The Kier molecular flexibility index (Phi) is 4.62. The maximum absolute atomic E-state index is 12.3. The minimum Gasteiger partial charge on any atom is -0.374 e. The first-order chi connectivity index (χ1) is 7.40.